The van der Waals surface area contributed by atoms with Crippen LogP contribution in [0.1, 0.15) is 39.5 Å². The van der Waals surface area contributed by atoms with Gasteiger partial charge in [-0.15, -0.1) is 10.2 Å². The molecule has 3 N–H and O–H groups in total. The summed E-state index contributed by atoms with van der Waals surface area (Å²) >= 11 is 13.4. The number of nitrogens with zero attached hydrogens (tertiary/aromatic N) is 3. The van der Waals surface area contributed by atoms with Gasteiger partial charge in [0.25, 0.3) is 0 Å². The van der Waals surface area contributed by atoms with Gasteiger partial charge >= 0.3 is 0 Å². The van der Waals surface area contributed by atoms with Gasteiger partial charge < -0.3 is 11.2 Å². The molecule has 1 amide bonds. The molecule has 6 nitrogen and oxygen atoms in total. The van der Waals surface area contributed by atoms with Crippen molar-refractivity contribution in [2.75, 3.05) is 11.6 Å². The van der Waals surface area contributed by atoms with Crippen LogP contribution in [-0.4, -0.2) is 32.6 Å². The second-order valence-corrected chi connectivity index (χ2v) is 7.84. The highest BCUT2D eigenvalue weighted by Gasteiger charge is 2.17. The highest BCUT2D eigenvalue weighted by Crippen LogP contribution is 2.30. The van der Waals surface area contributed by atoms with Crippen LogP contribution in [0.2, 0.25) is 10.0 Å². The Morgan fingerprint density at radius 3 is 2.85 bits per heavy atom. The molecular weight excluding hydrogens is 393 g/mol. The lowest BCUT2D eigenvalue weighted by molar-refractivity contribution is -0.119. The molecule has 2 aromatic rings. The van der Waals surface area contributed by atoms with Gasteiger partial charge in [0.1, 0.15) is 0 Å². The number of hydrogen-bond acceptors (Lipinski definition) is 5. The maximum absolute atomic E-state index is 12.1. The minimum Gasteiger partial charge on any atom is -0.353 e. The van der Waals surface area contributed by atoms with Crippen molar-refractivity contribution in [1.29, 1.82) is 0 Å². The van der Waals surface area contributed by atoms with E-state index >= 15 is 0 Å². The Morgan fingerprint density at radius 1 is 1.35 bits per heavy atom. The van der Waals surface area contributed by atoms with Gasteiger partial charge in [0.05, 0.1) is 10.8 Å². The van der Waals surface area contributed by atoms with E-state index in [0.717, 1.165) is 12.8 Å². The summed E-state index contributed by atoms with van der Waals surface area (Å²) in [7, 11) is 0. The molecule has 1 heterocycles. The number of nitrogens with one attached hydrogen (secondary N) is 1. The minimum absolute atomic E-state index is 0.0515. The predicted molar refractivity (Wildman–Crippen MR) is 108 cm³/mol. The van der Waals surface area contributed by atoms with E-state index in [2.05, 4.69) is 22.4 Å². The normalized spacial score (nSPS) is 12.2. The van der Waals surface area contributed by atoms with E-state index in [1.54, 1.807) is 18.2 Å². The summed E-state index contributed by atoms with van der Waals surface area (Å²) in [6, 6.07) is 5.20. The summed E-state index contributed by atoms with van der Waals surface area (Å²) < 4.78 is 1.32. The summed E-state index contributed by atoms with van der Waals surface area (Å²) in [5.41, 5.74) is 0.593. The zero-order valence-electron chi connectivity index (χ0n) is 14.8. The molecule has 0 bridgehead atoms. The fourth-order valence-electron chi connectivity index (χ4n) is 2.45. The lowest BCUT2D eigenvalue weighted by atomic mass is 10.1. The van der Waals surface area contributed by atoms with E-state index in [4.69, 9.17) is 29.0 Å². The molecule has 0 saturated carbocycles. The first-order valence-corrected chi connectivity index (χ1v) is 10.2. The zero-order valence-corrected chi connectivity index (χ0v) is 17.2. The van der Waals surface area contributed by atoms with Gasteiger partial charge in [-0.3, -0.25) is 4.79 Å². The van der Waals surface area contributed by atoms with Crippen LogP contribution < -0.4 is 11.2 Å². The maximum atomic E-state index is 12.1. The van der Waals surface area contributed by atoms with Crippen molar-refractivity contribution in [3.05, 3.63) is 28.2 Å². The van der Waals surface area contributed by atoms with E-state index in [1.165, 1.54) is 29.3 Å². The summed E-state index contributed by atoms with van der Waals surface area (Å²) in [5, 5.41) is 12.5. The average Bonchev–Trinajstić information content (AvgIpc) is 2.96. The molecule has 0 aliphatic heterocycles. The van der Waals surface area contributed by atoms with Crippen molar-refractivity contribution in [1.82, 2.24) is 20.2 Å². The first-order chi connectivity index (χ1) is 12.4. The van der Waals surface area contributed by atoms with Crippen LogP contribution in [0, 0.1) is 0 Å². The number of benzene rings is 1. The molecule has 0 fully saturated rings. The fourth-order valence-corrected chi connectivity index (χ4v) is 3.49. The number of carbonyl (C=O) groups excluding carboxylic acids is 1. The van der Waals surface area contributed by atoms with E-state index in [9.17, 15) is 4.79 Å². The van der Waals surface area contributed by atoms with Crippen LogP contribution in [0.5, 0.6) is 0 Å². The summed E-state index contributed by atoms with van der Waals surface area (Å²) in [4.78, 5) is 12.1. The van der Waals surface area contributed by atoms with E-state index in [0.29, 0.717) is 26.6 Å². The third-order valence-corrected chi connectivity index (χ3v) is 5.32. The lowest BCUT2D eigenvalue weighted by Crippen LogP contribution is -2.33. The Labute approximate surface area is 167 Å². The second kappa shape index (κ2) is 10.0. The average molecular weight is 416 g/mol. The number of thioether (sulfide) groups is 1. The summed E-state index contributed by atoms with van der Waals surface area (Å²) in [6.45, 7) is 4.18. The predicted octanol–water partition coefficient (Wildman–Crippen LogP) is 4.14. The molecule has 26 heavy (non-hydrogen) atoms. The number of hydrogen-bond donors (Lipinski definition) is 2. The first-order valence-electron chi connectivity index (χ1n) is 8.50. The monoisotopic (exact) mass is 415 g/mol. The molecule has 2 rings (SSSR count). The number of amides is 1. The molecule has 0 unspecified atom stereocenters. The van der Waals surface area contributed by atoms with Crippen LogP contribution in [-0.2, 0) is 4.79 Å². The maximum Gasteiger partial charge on any atom is 0.230 e. The number of unbranched alkanes of at least 4 members (excludes halogenated alkanes) is 2. The molecule has 0 aliphatic rings. The van der Waals surface area contributed by atoms with Crippen molar-refractivity contribution >= 4 is 40.9 Å². The number of nitrogens with two attached hydrogens (primary N) is 1. The molecule has 1 aromatic carbocycles. The summed E-state index contributed by atoms with van der Waals surface area (Å²) in [6.07, 6.45) is 4.45. The quantitative estimate of drug-likeness (QED) is 0.365. The Kier molecular flexibility index (Phi) is 8.06. The number of nitrogen functional groups attached to an aromatic ring is 1. The third-order valence-electron chi connectivity index (χ3n) is 3.81. The Bertz CT molecular complexity index is 753. The van der Waals surface area contributed by atoms with Crippen LogP contribution in [0.4, 0.5) is 0 Å². The standard InChI is InChI=1S/C17H23Cl2N5OS/c1-3-4-5-6-11(2)21-15(25)10-26-17-23-22-16(24(17)20)13-9-12(18)7-8-14(13)19/h7-9,11H,3-6,10,20H2,1-2H3,(H,21,25)/t11-/m1/s1. The molecular formula is C17H23Cl2N5OS. The molecule has 142 valence electrons. The minimum atomic E-state index is -0.0515. The van der Waals surface area contributed by atoms with E-state index in [1.807, 2.05) is 6.92 Å². The SMILES string of the molecule is CCCCC[C@@H](C)NC(=O)CSc1nnc(-c2cc(Cl)ccc2Cl)n1N. The number of halogens is 2. The second-order valence-electron chi connectivity index (χ2n) is 6.05. The van der Waals surface area contributed by atoms with Crippen molar-refractivity contribution < 1.29 is 4.79 Å². The topological polar surface area (TPSA) is 85.8 Å². The van der Waals surface area contributed by atoms with Gasteiger partial charge in [-0.1, -0.05) is 61.1 Å². The van der Waals surface area contributed by atoms with Crippen LogP contribution in [0.3, 0.4) is 0 Å². The van der Waals surface area contributed by atoms with Crippen molar-refractivity contribution in [3.63, 3.8) is 0 Å². The molecule has 0 saturated heterocycles. The van der Waals surface area contributed by atoms with Gasteiger partial charge in [0.2, 0.25) is 11.1 Å². The third kappa shape index (κ3) is 5.79. The highest BCUT2D eigenvalue weighted by molar-refractivity contribution is 7.99. The van der Waals surface area contributed by atoms with Gasteiger partial charge in [0, 0.05) is 16.6 Å². The Morgan fingerprint density at radius 2 is 2.12 bits per heavy atom. The molecule has 1 aromatic heterocycles. The largest absolute Gasteiger partial charge is 0.353 e. The fraction of sp³-hybridized carbons (Fsp3) is 0.471. The van der Waals surface area contributed by atoms with Gasteiger partial charge in [-0.25, -0.2) is 4.68 Å². The number of aromatic nitrogens is 3. The number of carbonyl (C=O) groups is 1. The molecule has 0 aliphatic carbocycles. The summed E-state index contributed by atoms with van der Waals surface area (Å²) in [5.74, 6) is 6.62. The molecule has 1 atom stereocenters. The Hall–Kier alpha value is -1.44. The molecule has 0 spiro atoms. The van der Waals surface area contributed by atoms with Crippen LogP contribution >= 0.6 is 35.0 Å². The number of rotatable bonds is 9. The zero-order chi connectivity index (χ0) is 19.1. The Balaban J connectivity index is 1.94. The highest BCUT2D eigenvalue weighted by atomic mass is 35.5. The van der Waals surface area contributed by atoms with Crippen LogP contribution in [0.15, 0.2) is 23.4 Å². The van der Waals surface area contributed by atoms with E-state index in [-0.39, 0.29) is 17.7 Å². The van der Waals surface area contributed by atoms with Gasteiger partial charge in [-0.2, -0.15) is 0 Å². The smallest absolute Gasteiger partial charge is 0.230 e. The molecule has 9 heteroatoms. The first kappa shape index (κ1) is 20.9. The van der Waals surface area contributed by atoms with Crippen LogP contribution in [0.25, 0.3) is 11.4 Å². The van der Waals surface area contributed by atoms with Gasteiger partial charge in [0.15, 0.2) is 5.82 Å². The van der Waals surface area contributed by atoms with Crippen molar-refractivity contribution in [2.45, 2.75) is 50.7 Å². The van der Waals surface area contributed by atoms with Crippen molar-refractivity contribution in [2.24, 2.45) is 0 Å². The lowest BCUT2D eigenvalue weighted by Gasteiger charge is -2.13. The molecule has 0 radical (unpaired) electrons. The van der Waals surface area contributed by atoms with E-state index < -0.39 is 0 Å². The van der Waals surface area contributed by atoms with Gasteiger partial charge in [-0.05, 0) is 31.5 Å². The van der Waals surface area contributed by atoms with Crippen molar-refractivity contribution in [3.8, 4) is 11.4 Å².